The van der Waals surface area contributed by atoms with Crippen LogP contribution < -0.4 is 5.32 Å². The molecule has 0 saturated carbocycles. The second-order valence-corrected chi connectivity index (χ2v) is 4.19. The van der Waals surface area contributed by atoms with Crippen LogP contribution in [0.4, 0.5) is 5.69 Å². The van der Waals surface area contributed by atoms with Crippen LogP contribution in [0.15, 0.2) is 34.8 Å². The van der Waals surface area contributed by atoms with Crippen LogP contribution in [0.1, 0.15) is 5.56 Å². The van der Waals surface area contributed by atoms with E-state index in [1.807, 2.05) is 18.2 Å². The molecule has 0 atom stereocenters. The molecule has 0 aliphatic rings. The predicted octanol–water partition coefficient (Wildman–Crippen LogP) is 3.96. The number of aryl methyl sites for hydroxylation is 1. The molecule has 0 heterocycles. The van der Waals surface area contributed by atoms with Gasteiger partial charge in [-0.3, -0.25) is 0 Å². The summed E-state index contributed by atoms with van der Waals surface area (Å²) in [7, 11) is 0. The van der Waals surface area contributed by atoms with E-state index in [1.165, 1.54) is 5.56 Å². The Morgan fingerprint density at radius 1 is 1.43 bits per heavy atom. The summed E-state index contributed by atoms with van der Waals surface area (Å²) < 4.78 is 1.09. The summed E-state index contributed by atoms with van der Waals surface area (Å²) in [5, 5.41) is 3.31. The molecule has 0 bridgehead atoms. The third-order valence-electron chi connectivity index (χ3n) is 1.87. The van der Waals surface area contributed by atoms with Crippen LogP contribution >= 0.6 is 27.5 Å². The average Bonchev–Trinajstić information content (AvgIpc) is 2.18. The topological polar surface area (TPSA) is 12.0 Å². The summed E-state index contributed by atoms with van der Waals surface area (Å²) in [6.45, 7) is 2.89. The van der Waals surface area contributed by atoms with Crippen molar-refractivity contribution in [3.05, 3.63) is 40.4 Å². The minimum Gasteiger partial charge on any atom is -0.381 e. The highest BCUT2D eigenvalue weighted by atomic mass is 79.9. The highest BCUT2D eigenvalue weighted by molar-refractivity contribution is 9.10. The molecule has 76 valence electrons. The normalized spacial score (nSPS) is 10.8. The molecule has 3 heteroatoms. The van der Waals surface area contributed by atoms with Crippen LogP contribution in [0.25, 0.3) is 0 Å². The monoisotopic (exact) mass is 273 g/mol. The molecule has 0 saturated heterocycles. The van der Waals surface area contributed by atoms with Gasteiger partial charge in [0.2, 0.25) is 0 Å². The van der Waals surface area contributed by atoms with Gasteiger partial charge in [0.25, 0.3) is 0 Å². The van der Waals surface area contributed by atoms with E-state index in [4.69, 9.17) is 11.6 Å². The molecule has 0 fully saturated rings. The maximum atomic E-state index is 5.52. The van der Waals surface area contributed by atoms with Crippen LogP contribution in [0.2, 0.25) is 0 Å². The SMILES string of the molecule is Cc1ccc(Br)cc1NC/C=C/CCl. The first-order valence-corrected chi connectivity index (χ1v) is 5.78. The summed E-state index contributed by atoms with van der Waals surface area (Å²) in [5.74, 6) is 0.569. The lowest BCUT2D eigenvalue weighted by Gasteiger charge is -2.07. The van der Waals surface area contributed by atoms with E-state index < -0.39 is 0 Å². The van der Waals surface area contributed by atoms with Crippen molar-refractivity contribution in [3.8, 4) is 0 Å². The third kappa shape index (κ3) is 3.72. The van der Waals surface area contributed by atoms with E-state index in [0.29, 0.717) is 5.88 Å². The van der Waals surface area contributed by atoms with E-state index in [9.17, 15) is 0 Å². The fourth-order valence-corrected chi connectivity index (χ4v) is 1.59. The maximum Gasteiger partial charge on any atom is 0.0404 e. The Morgan fingerprint density at radius 2 is 2.21 bits per heavy atom. The van der Waals surface area contributed by atoms with E-state index in [-0.39, 0.29) is 0 Å². The van der Waals surface area contributed by atoms with Gasteiger partial charge in [-0.2, -0.15) is 0 Å². The fraction of sp³-hybridized carbons (Fsp3) is 0.273. The lowest BCUT2D eigenvalue weighted by atomic mass is 10.2. The fourth-order valence-electron chi connectivity index (χ4n) is 1.10. The van der Waals surface area contributed by atoms with Gasteiger partial charge in [0, 0.05) is 22.6 Å². The standard InChI is InChI=1S/C11H13BrClN/c1-9-4-5-10(12)8-11(9)14-7-3-2-6-13/h2-5,8,14H,6-7H2,1H3/b3-2+. The van der Waals surface area contributed by atoms with Crippen LogP contribution in [-0.4, -0.2) is 12.4 Å². The second-order valence-electron chi connectivity index (χ2n) is 2.97. The van der Waals surface area contributed by atoms with Gasteiger partial charge in [-0.1, -0.05) is 34.1 Å². The molecule has 1 nitrogen and oxygen atoms in total. The molecule has 0 aliphatic heterocycles. The van der Waals surface area contributed by atoms with E-state index in [2.05, 4.69) is 40.3 Å². The largest absolute Gasteiger partial charge is 0.381 e. The van der Waals surface area contributed by atoms with Crippen molar-refractivity contribution in [2.45, 2.75) is 6.92 Å². The minimum absolute atomic E-state index is 0.569. The zero-order valence-corrected chi connectivity index (χ0v) is 10.4. The second kappa shape index (κ2) is 6.10. The van der Waals surface area contributed by atoms with Gasteiger partial charge in [-0.25, -0.2) is 0 Å². The zero-order valence-electron chi connectivity index (χ0n) is 8.06. The van der Waals surface area contributed by atoms with E-state index in [0.717, 1.165) is 16.7 Å². The molecule has 1 aromatic carbocycles. The Kier molecular flexibility index (Phi) is 5.05. The Hall–Kier alpha value is -0.470. The Bertz CT molecular complexity index is 323. The van der Waals surface area contributed by atoms with E-state index >= 15 is 0 Å². The first-order chi connectivity index (χ1) is 6.74. The number of anilines is 1. The van der Waals surface area contributed by atoms with Crippen LogP contribution in [0, 0.1) is 6.92 Å². The van der Waals surface area contributed by atoms with Gasteiger partial charge in [0.1, 0.15) is 0 Å². The smallest absolute Gasteiger partial charge is 0.0404 e. The van der Waals surface area contributed by atoms with Gasteiger partial charge in [0.15, 0.2) is 0 Å². The third-order valence-corrected chi connectivity index (χ3v) is 2.54. The number of halogens is 2. The quantitative estimate of drug-likeness (QED) is 0.647. The van der Waals surface area contributed by atoms with Gasteiger partial charge < -0.3 is 5.32 Å². The van der Waals surface area contributed by atoms with Crippen molar-refractivity contribution in [2.24, 2.45) is 0 Å². The molecule has 0 radical (unpaired) electrons. The molecule has 0 amide bonds. The Balaban J connectivity index is 2.57. The molecular formula is C11H13BrClN. The number of alkyl halides is 1. The van der Waals surface area contributed by atoms with Crippen molar-refractivity contribution in [1.29, 1.82) is 0 Å². The van der Waals surface area contributed by atoms with Gasteiger partial charge in [-0.05, 0) is 24.6 Å². The molecular weight excluding hydrogens is 261 g/mol. The van der Waals surface area contributed by atoms with Crippen molar-refractivity contribution in [1.82, 2.24) is 0 Å². The van der Waals surface area contributed by atoms with Crippen molar-refractivity contribution in [3.63, 3.8) is 0 Å². The Morgan fingerprint density at radius 3 is 2.93 bits per heavy atom. The number of rotatable bonds is 4. The highest BCUT2D eigenvalue weighted by Gasteiger charge is 1.96. The molecule has 1 aromatic rings. The molecule has 0 aliphatic carbocycles. The van der Waals surface area contributed by atoms with Crippen molar-refractivity contribution < 1.29 is 0 Å². The summed E-state index contributed by atoms with van der Waals surface area (Å²) in [6.07, 6.45) is 3.95. The van der Waals surface area contributed by atoms with Crippen LogP contribution in [0.3, 0.4) is 0 Å². The highest BCUT2D eigenvalue weighted by Crippen LogP contribution is 2.20. The number of allylic oxidation sites excluding steroid dienone is 1. The van der Waals surface area contributed by atoms with E-state index in [1.54, 1.807) is 0 Å². The summed E-state index contributed by atoms with van der Waals surface area (Å²) in [5.41, 5.74) is 2.39. The van der Waals surface area contributed by atoms with Gasteiger partial charge >= 0.3 is 0 Å². The number of benzene rings is 1. The molecule has 0 unspecified atom stereocenters. The summed E-state index contributed by atoms with van der Waals surface area (Å²) >= 11 is 8.96. The van der Waals surface area contributed by atoms with Crippen LogP contribution in [0.5, 0.6) is 0 Å². The molecule has 14 heavy (non-hydrogen) atoms. The lowest BCUT2D eigenvalue weighted by Crippen LogP contribution is -1.99. The summed E-state index contributed by atoms with van der Waals surface area (Å²) in [6, 6.07) is 6.19. The first-order valence-electron chi connectivity index (χ1n) is 4.45. The molecule has 0 aromatic heterocycles. The predicted molar refractivity (Wildman–Crippen MR) is 67.2 cm³/mol. The minimum atomic E-state index is 0.569. The van der Waals surface area contributed by atoms with Crippen molar-refractivity contribution >= 4 is 33.2 Å². The van der Waals surface area contributed by atoms with Crippen LogP contribution in [-0.2, 0) is 0 Å². The van der Waals surface area contributed by atoms with Gasteiger partial charge in [0.05, 0.1) is 0 Å². The first kappa shape index (κ1) is 11.6. The molecule has 1 N–H and O–H groups in total. The maximum absolute atomic E-state index is 5.52. The average molecular weight is 275 g/mol. The number of hydrogen-bond donors (Lipinski definition) is 1. The number of hydrogen-bond acceptors (Lipinski definition) is 1. The summed E-state index contributed by atoms with van der Waals surface area (Å²) in [4.78, 5) is 0. The molecule has 1 rings (SSSR count). The zero-order chi connectivity index (χ0) is 10.4. The Labute approximate surface area is 98.3 Å². The number of nitrogens with one attached hydrogen (secondary N) is 1. The van der Waals surface area contributed by atoms with Gasteiger partial charge in [-0.15, -0.1) is 11.6 Å². The lowest BCUT2D eigenvalue weighted by molar-refractivity contribution is 1.29. The molecule has 0 spiro atoms. The van der Waals surface area contributed by atoms with Crippen molar-refractivity contribution in [2.75, 3.05) is 17.7 Å².